The summed E-state index contributed by atoms with van der Waals surface area (Å²) in [6.07, 6.45) is 5.47. The summed E-state index contributed by atoms with van der Waals surface area (Å²) in [7, 11) is 0. The highest BCUT2D eigenvalue weighted by Crippen LogP contribution is 2.30. The molecule has 22 heavy (non-hydrogen) atoms. The van der Waals surface area contributed by atoms with Crippen molar-refractivity contribution >= 4 is 11.0 Å². The number of hydrogen-bond donors (Lipinski definition) is 1. The van der Waals surface area contributed by atoms with Crippen LogP contribution in [-0.2, 0) is 0 Å². The van der Waals surface area contributed by atoms with E-state index >= 15 is 0 Å². The standard InChI is InChI=1S/C18H14N4/c1-12-8-10-19-11-14(12)13-5-4-7-15-17(13)22-18(21-15)16-6-2-3-9-20-16/h2-11H,1H3,(H,21,22). The molecule has 3 heterocycles. The maximum Gasteiger partial charge on any atom is 0.157 e. The van der Waals surface area contributed by atoms with Crippen LogP contribution in [0.25, 0.3) is 33.7 Å². The van der Waals surface area contributed by atoms with Crippen LogP contribution in [0.3, 0.4) is 0 Å². The minimum atomic E-state index is 0.782. The van der Waals surface area contributed by atoms with Gasteiger partial charge >= 0.3 is 0 Å². The number of para-hydroxylation sites is 1. The molecule has 0 atom stereocenters. The molecule has 1 N–H and O–H groups in total. The number of imidazole rings is 1. The first-order valence-corrected chi connectivity index (χ1v) is 7.14. The number of nitrogens with one attached hydrogen (secondary N) is 1. The van der Waals surface area contributed by atoms with Gasteiger partial charge in [-0.1, -0.05) is 18.2 Å². The van der Waals surface area contributed by atoms with Crippen LogP contribution in [0.4, 0.5) is 0 Å². The molecular formula is C18H14N4. The number of fused-ring (bicyclic) bond motifs is 1. The number of rotatable bonds is 2. The average Bonchev–Trinajstić information content (AvgIpc) is 3.00. The van der Waals surface area contributed by atoms with E-state index in [2.05, 4.69) is 27.9 Å². The highest BCUT2D eigenvalue weighted by molar-refractivity contribution is 5.94. The van der Waals surface area contributed by atoms with Crippen LogP contribution in [0.5, 0.6) is 0 Å². The van der Waals surface area contributed by atoms with Crippen LogP contribution in [-0.4, -0.2) is 19.9 Å². The first kappa shape index (κ1) is 12.7. The van der Waals surface area contributed by atoms with Gasteiger partial charge in [0, 0.05) is 29.7 Å². The lowest BCUT2D eigenvalue weighted by Crippen LogP contribution is -1.86. The Labute approximate surface area is 127 Å². The van der Waals surface area contributed by atoms with Crippen molar-refractivity contribution in [3.63, 3.8) is 0 Å². The van der Waals surface area contributed by atoms with Crippen LogP contribution < -0.4 is 0 Å². The average molecular weight is 286 g/mol. The van der Waals surface area contributed by atoms with Crippen LogP contribution in [0.2, 0.25) is 0 Å². The zero-order valence-electron chi connectivity index (χ0n) is 12.1. The molecule has 0 aliphatic heterocycles. The molecule has 0 aliphatic rings. The summed E-state index contributed by atoms with van der Waals surface area (Å²) in [5.74, 6) is 0.782. The van der Waals surface area contributed by atoms with Gasteiger partial charge in [0.05, 0.1) is 11.0 Å². The molecule has 1 aromatic carbocycles. The summed E-state index contributed by atoms with van der Waals surface area (Å²) in [6, 6.07) is 14.0. The number of benzene rings is 1. The first-order chi connectivity index (χ1) is 10.8. The lowest BCUT2D eigenvalue weighted by Gasteiger charge is -2.05. The maximum atomic E-state index is 4.75. The number of pyridine rings is 2. The topological polar surface area (TPSA) is 54.5 Å². The van der Waals surface area contributed by atoms with E-state index in [1.54, 1.807) is 6.20 Å². The first-order valence-electron chi connectivity index (χ1n) is 7.14. The van der Waals surface area contributed by atoms with E-state index < -0.39 is 0 Å². The molecule has 4 rings (SSSR count). The maximum absolute atomic E-state index is 4.75. The second-order valence-electron chi connectivity index (χ2n) is 5.19. The molecule has 0 aliphatic carbocycles. The minimum Gasteiger partial charge on any atom is -0.337 e. The summed E-state index contributed by atoms with van der Waals surface area (Å²) < 4.78 is 0. The SMILES string of the molecule is Cc1ccncc1-c1cccc2[nH]c(-c3ccccn3)nc12. The van der Waals surface area contributed by atoms with Crippen LogP contribution >= 0.6 is 0 Å². The van der Waals surface area contributed by atoms with Crippen molar-refractivity contribution in [2.75, 3.05) is 0 Å². The minimum absolute atomic E-state index is 0.782. The summed E-state index contributed by atoms with van der Waals surface area (Å²) in [5, 5.41) is 0. The number of aromatic amines is 1. The van der Waals surface area contributed by atoms with Crippen molar-refractivity contribution in [3.8, 4) is 22.6 Å². The van der Waals surface area contributed by atoms with Gasteiger partial charge in [0.25, 0.3) is 0 Å². The Morgan fingerprint density at radius 1 is 0.909 bits per heavy atom. The van der Waals surface area contributed by atoms with Crippen molar-refractivity contribution < 1.29 is 0 Å². The second-order valence-corrected chi connectivity index (χ2v) is 5.19. The van der Waals surface area contributed by atoms with Crippen molar-refractivity contribution in [2.45, 2.75) is 6.92 Å². The van der Waals surface area contributed by atoms with Crippen LogP contribution in [0.1, 0.15) is 5.56 Å². The molecule has 0 unspecified atom stereocenters. The van der Waals surface area contributed by atoms with Crippen molar-refractivity contribution in [2.24, 2.45) is 0 Å². The number of nitrogens with zero attached hydrogens (tertiary/aromatic N) is 3. The fraction of sp³-hybridized carbons (Fsp3) is 0.0556. The van der Waals surface area contributed by atoms with E-state index in [0.29, 0.717) is 0 Å². The Hall–Kier alpha value is -3.01. The third-order valence-corrected chi connectivity index (χ3v) is 3.75. The largest absolute Gasteiger partial charge is 0.337 e. The predicted molar refractivity (Wildman–Crippen MR) is 87.3 cm³/mol. The summed E-state index contributed by atoms with van der Waals surface area (Å²) in [4.78, 5) is 16.7. The van der Waals surface area contributed by atoms with E-state index in [-0.39, 0.29) is 0 Å². The number of aromatic nitrogens is 4. The van der Waals surface area contributed by atoms with Gasteiger partial charge in [-0.05, 0) is 36.8 Å². The molecule has 0 fully saturated rings. The van der Waals surface area contributed by atoms with E-state index in [4.69, 9.17) is 4.98 Å². The van der Waals surface area contributed by atoms with Crippen molar-refractivity contribution in [1.82, 2.24) is 19.9 Å². The molecule has 106 valence electrons. The van der Waals surface area contributed by atoms with E-state index in [1.165, 1.54) is 5.56 Å². The Balaban J connectivity index is 1.95. The van der Waals surface area contributed by atoms with Gasteiger partial charge in [0.15, 0.2) is 5.82 Å². The Morgan fingerprint density at radius 3 is 2.68 bits per heavy atom. The molecule has 0 saturated heterocycles. The van der Waals surface area contributed by atoms with Crippen molar-refractivity contribution in [1.29, 1.82) is 0 Å². The highest BCUT2D eigenvalue weighted by Gasteiger charge is 2.12. The zero-order chi connectivity index (χ0) is 14.9. The van der Waals surface area contributed by atoms with E-state index in [1.807, 2.05) is 48.8 Å². The Bertz CT molecular complexity index is 942. The molecule has 4 nitrogen and oxygen atoms in total. The fourth-order valence-electron chi connectivity index (χ4n) is 2.62. The summed E-state index contributed by atoms with van der Waals surface area (Å²) in [6.45, 7) is 2.09. The smallest absolute Gasteiger partial charge is 0.157 e. The molecule has 0 bridgehead atoms. The lowest BCUT2D eigenvalue weighted by atomic mass is 10.0. The molecule has 3 aromatic heterocycles. The normalized spacial score (nSPS) is 11.0. The van der Waals surface area contributed by atoms with Gasteiger partial charge in [-0.25, -0.2) is 4.98 Å². The van der Waals surface area contributed by atoms with Crippen LogP contribution in [0, 0.1) is 6.92 Å². The molecule has 0 saturated carbocycles. The predicted octanol–water partition coefficient (Wildman–Crippen LogP) is 4.00. The third kappa shape index (κ3) is 2.05. The van der Waals surface area contributed by atoms with Gasteiger partial charge in [-0.2, -0.15) is 0 Å². The third-order valence-electron chi connectivity index (χ3n) is 3.75. The monoisotopic (exact) mass is 286 g/mol. The highest BCUT2D eigenvalue weighted by atomic mass is 14.9. The Morgan fingerprint density at radius 2 is 1.86 bits per heavy atom. The lowest BCUT2D eigenvalue weighted by molar-refractivity contribution is 1.24. The van der Waals surface area contributed by atoms with Gasteiger partial charge in [-0.15, -0.1) is 0 Å². The molecule has 4 heteroatoms. The molecular weight excluding hydrogens is 272 g/mol. The quantitative estimate of drug-likeness (QED) is 0.606. The van der Waals surface area contributed by atoms with Crippen LogP contribution in [0.15, 0.2) is 61.1 Å². The number of H-pyrrole nitrogens is 1. The fourth-order valence-corrected chi connectivity index (χ4v) is 2.62. The van der Waals surface area contributed by atoms with Gasteiger partial charge in [-0.3, -0.25) is 9.97 Å². The van der Waals surface area contributed by atoms with Gasteiger partial charge < -0.3 is 4.98 Å². The zero-order valence-corrected chi connectivity index (χ0v) is 12.1. The van der Waals surface area contributed by atoms with E-state index in [9.17, 15) is 0 Å². The molecule has 0 amide bonds. The molecule has 0 spiro atoms. The second kappa shape index (κ2) is 5.07. The summed E-state index contributed by atoms with van der Waals surface area (Å²) >= 11 is 0. The Kier molecular flexibility index (Phi) is 2.93. The van der Waals surface area contributed by atoms with Crippen molar-refractivity contribution in [3.05, 3.63) is 66.6 Å². The summed E-state index contributed by atoms with van der Waals surface area (Å²) in [5.41, 5.74) is 6.16. The molecule has 4 aromatic rings. The van der Waals surface area contributed by atoms with Gasteiger partial charge in [0.1, 0.15) is 5.69 Å². The van der Waals surface area contributed by atoms with Gasteiger partial charge in [0.2, 0.25) is 0 Å². The molecule has 0 radical (unpaired) electrons. The number of hydrogen-bond acceptors (Lipinski definition) is 3. The van der Waals surface area contributed by atoms with E-state index in [0.717, 1.165) is 33.7 Å². The number of aryl methyl sites for hydroxylation is 1.